The number of hydrogen-bond acceptors (Lipinski definition) is 6. The van der Waals surface area contributed by atoms with Gasteiger partial charge in [0.1, 0.15) is 11.7 Å². The van der Waals surface area contributed by atoms with Crippen LogP contribution in [-0.2, 0) is 16.0 Å². The molecule has 8 nitrogen and oxygen atoms in total. The Morgan fingerprint density at radius 1 is 1.36 bits per heavy atom. The van der Waals surface area contributed by atoms with E-state index >= 15 is 0 Å². The van der Waals surface area contributed by atoms with Crippen LogP contribution < -0.4 is 0 Å². The number of carbonyl (C=O) groups is 1. The van der Waals surface area contributed by atoms with Gasteiger partial charge in [-0.25, -0.2) is 4.98 Å². The normalized spacial score (nSPS) is 21.0. The third-order valence-electron chi connectivity index (χ3n) is 4.36. The van der Waals surface area contributed by atoms with Gasteiger partial charge < -0.3 is 18.6 Å². The highest BCUT2D eigenvalue weighted by atomic mass is 16.5. The Morgan fingerprint density at radius 2 is 2.24 bits per heavy atom. The quantitative estimate of drug-likeness (QED) is 0.718. The molecule has 0 aliphatic carbocycles. The summed E-state index contributed by atoms with van der Waals surface area (Å²) < 4.78 is 12.9. The van der Waals surface area contributed by atoms with Gasteiger partial charge in [-0.15, -0.1) is 0 Å². The summed E-state index contributed by atoms with van der Waals surface area (Å²) in [4.78, 5) is 23.5. The molecule has 0 bridgehead atoms. The van der Waals surface area contributed by atoms with Gasteiger partial charge in [-0.05, 0) is 26.0 Å². The summed E-state index contributed by atoms with van der Waals surface area (Å²) in [7, 11) is 0. The van der Waals surface area contributed by atoms with Crippen molar-refractivity contribution in [1.29, 1.82) is 0 Å². The maximum Gasteiger partial charge on any atom is 0.252 e. The van der Waals surface area contributed by atoms with Gasteiger partial charge in [0.05, 0.1) is 24.8 Å². The van der Waals surface area contributed by atoms with E-state index in [9.17, 15) is 4.79 Å². The average Bonchev–Trinajstić information content (AvgIpc) is 3.19. The van der Waals surface area contributed by atoms with Crippen LogP contribution in [0.3, 0.4) is 0 Å². The SMILES string of the molecule is Cc1noc([C@@H]2[C@@H](C)OCCN2C(=O)Cc2cn3ccccc3n2)n1. The Morgan fingerprint density at radius 3 is 3.00 bits per heavy atom. The lowest BCUT2D eigenvalue weighted by Crippen LogP contribution is -2.48. The lowest BCUT2D eigenvalue weighted by atomic mass is 10.1. The lowest BCUT2D eigenvalue weighted by Gasteiger charge is -2.37. The number of nitrogens with zero attached hydrogens (tertiary/aromatic N) is 5. The van der Waals surface area contributed by atoms with Gasteiger partial charge in [0.15, 0.2) is 5.82 Å². The van der Waals surface area contributed by atoms with Crippen molar-refractivity contribution in [2.75, 3.05) is 13.2 Å². The van der Waals surface area contributed by atoms with Crippen LogP contribution in [0.2, 0.25) is 0 Å². The van der Waals surface area contributed by atoms with Crippen LogP contribution in [-0.4, -0.2) is 49.6 Å². The second-order valence-electron chi connectivity index (χ2n) is 6.16. The zero-order valence-corrected chi connectivity index (χ0v) is 14.1. The Labute approximate surface area is 144 Å². The van der Waals surface area contributed by atoms with E-state index in [0.29, 0.717) is 24.9 Å². The third-order valence-corrected chi connectivity index (χ3v) is 4.36. The van der Waals surface area contributed by atoms with Crippen molar-refractivity contribution in [3.8, 4) is 0 Å². The molecule has 0 unspecified atom stereocenters. The lowest BCUT2D eigenvalue weighted by molar-refractivity contribution is -0.146. The number of hydrogen-bond donors (Lipinski definition) is 0. The third kappa shape index (κ3) is 3.00. The van der Waals surface area contributed by atoms with Gasteiger partial charge in [-0.2, -0.15) is 4.98 Å². The zero-order valence-electron chi connectivity index (χ0n) is 14.1. The van der Waals surface area contributed by atoms with Crippen molar-refractivity contribution in [2.24, 2.45) is 0 Å². The number of aromatic nitrogens is 4. The van der Waals surface area contributed by atoms with Gasteiger partial charge in [0.25, 0.3) is 5.89 Å². The number of aryl methyl sites for hydroxylation is 1. The van der Waals surface area contributed by atoms with E-state index in [1.54, 1.807) is 11.8 Å². The van der Waals surface area contributed by atoms with E-state index in [-0.39, 0.29) is 24.5 Å². The molecule has 2 atom stereocenters. The highest BCUT2D eigenvalue weighted by Gasteiger charge is 2.37. The molecule has 4 heterocycles. The van der Waals surface area contributed by atoms with Crippen LogP contribution in [0.4, 0.5) is 0 Å². The molecule has 25 heavy (non-hydrogen) atoms. The largest absolute Gasteiger partial charge is 0.374 e. The number of rotatable bonds is 3. The average molecular weight is 341 g/mol. The summed E-state index contributed by atoms with van der Waals surface area (Å²) in [6, 6.07) is 5.39. The highest BCUT2D eigenvalue weighted by molar-refractivity contribution is 5.79. The first-order chi connectivity index (χ1) is 12.1. The first-order valence-corrected chi connectivity index (χ1v) is 8.26. The second-order valence-corrected chi connectivity index (χ2v) is 6.16. The smallest absolute Gasteiger partial charge is 0.252 e. The van der Waals surface area contributed by atoms with Crippen LogP contribution in [0.5, 0.6) is 0 Å². The van der Waals surface area contributed by atoms with E-state index in [1.165, 1.54) is 0 Å². The topological polar surface area (TPSA) is 85.8 Å². The number of ether oxygens (including phenoxy) is 1. The molecule has 3 aromatic heterocycles. The van der Waals surface area contributed by atoms with Crippen LogP contribution in [0.15, 0.2) is 35.1 Å². The molecule has 3 aromatic rings. The molecular weight excluding hydrogens is 322 g/mol. The minimum Gasteiger partial charge on any atom is -0.374 e. The van der Waals surface area contributed by atoms with Crippen molar-refractivity contribution in [3.05, 3.63) is 48.0 Å². The van der Waals surface area contributed by atoms with Gasteiger partial charge >= 0.3 is 0 Å². The summed E-state index contributed by atoms with van der Waals surface area (Å²) in [5, 5.41) is 3.84. The molecule has 0 N–H and O–H groups in total. The number of imidazole rings is 1. The summed E-state index contributed by atoms with van der Waals surface area (Å²) in [5.41, 5.74) is 1.56. The van der Waals surface area contributed by atoms with Crippen LogP contribution in [0, 0.1) is 6.92 Å². The fraction of sp³-hybridized carbons (Fsp3) is 0.412. The number of morpholine rings is 1. The first kappa shape index (κ1) is 15.8. The minimum absolute atomic E-state index is 0.0283. The molecule has 1 fully saturated rings. The van der Waals surface area contributed by atoms with Crippen molar-refractivity contribution >= 4 is 11.6 Å². The van der Waals surface area contributed by atoms with E-state index in [2.05, 4.69) is 15.1 Å². The Hall–Kier alpha value is -2.74. The molecule has 0 saturated carbocycles. The van der Waals surface area contributed by atoms with E-state index in [0.717, 1.165) is 11.3 Å². The van der Waals surface area contributed by atoms with Gasteiger partial charge in [-0.3, -0.25) is 4.79 Å². The minimum atomic E-state index is -0.375. The number of fused-ring (bicyclic) bond motifs is 1. The highest BCUT2D eigenvalue weighted by Crippen LogP contribution is 2.29. The fourth-order valence-corrected chi connectivity index (χ4v) is 3.20. The molecule has 0 radical (unpaired) electrons. The van der Waals surface area contributed by atoms with E-state index in [1.807, 2.05) is 41.9 Å². The fourth-order valence-electron chi connectivity index (χ4n) is 3.20. The van der Waals surface area contributed by atoms with Crippen molar-refractivity contribution in [2.45, 2.75) is 32.4 Å². The van der Waals surface area contributed by atoms with E-state index < -0.39 is 0 Å². The van der Waals surface area contributed by atoms with Gasteiger partial charge in [-0.1, -0.05) is 11.2 Å². The van der Waals surface area contributed by atoms with Crippen LogP contribution >= 0.6 is 0 Å². The Balaban J connectivity index is 1.58. The molecule has 1 aliphatic rings. The van der Waals surface area contributed by atoms with Gasteiger partial charge in [0.2, 0.25) is 5.91 Å². The molecular formula is C17H19N5O3. The molecule has 0 spiro atoms. The number of amides is 1. The summed E-state index contributed by atoms with van der Waals surface area (Å²) >= 11 is 0. The molecule has 1 aliphatic heterocycles. The molecule has 1 amide bonds. The maximum atomic E-state index is 12.9. The Kier molecular flexibility index (Phi) is 3.96. The molecule has 1 saturated heterocycles. The second kappa shape index (κ2) is 6.29. The van der Waals surface area contributed by atoms with Crippen LogP contribution in [0.25, 0.3) is 5.65 Å². The first-order valence-electron chi connectivity index (χ1n) is 8.26. The summed E-state index contributed by atoms with van der Waals surface area (Å²) in [5.74, 6) is 0.924. The number of pyridine rings is 1. The summed E-state index contributed by atoms with van der Waals surface area (Å²) in [6.45, 7) is 4.64. The van der Waals surface area contributed by atoms with E-state index in [4.69, 9.17) is 9.26 Å². The zero-order chi connectivity index (χ0) is 17.4. The Bertz CT molecular complexity index is 869. The maximum absolute atomic E-state index is 12.9. The van der Waals surface area contributed by atoms with Crippen molar-refractivity contribution in [1.82, 2.24) is 24.4 Å². The molecule has 8 heteroatoms. The predicted molar refractivity (Wildman–Crippen MR) is 87.8 cm³/mol. The van der Waals surface area contributed by atoms with Gasteiger partial charge in [0, 0.05) is 18.9 Å². The monoisotopic (exact) mass is 341 g/mol. The van der Waals surface area contributed by atoms with Crippen molar-refractivity contribution < 1.29 is 14.1 Å². The predicted octanol–water partition coefficient (Wildman–Crippen LogP) is 1.56. The molecule has 4 rings (SSSR count). The standard InChI is InChI=1S/C17H19N5O3/c1-11-16(17-18-12(2)20-25-17)22(7-8-24-11)15(23)9-13-10-21-6-4-3-5-14(21)19-13/h3-6,10-11,16H,7-9H2,1-2H3/t11-,16+/m1/s1. The van der Waals surface area contributed by atoms with Crippen molar-refractivity contribution in [3.63, 3.8) is 0 Å². The number of carbonyl (C=O) groups excluding carboxylic acids is 1. The summed E-state index contributed by atoms with van der Waals surface area (Å²) in [6.07, 6.45) is 3.80. The molecule has 0 aromatic carbocycles. The molecule has 130 valence electrons. The van der Waals surface area contributed by atoms with Crippen LogP contribution in [0.1, 0.15) is 30.4 Å².